The third-order valence-electron chi connectivity index (χ3n) is 6.82. The molecule has 0 radical (unpaired) electrons. The van der Waals surface area contributed by atoms with E-state index in [1.165, 1.54) is 16.8 Å². The van der Waals surface area contributed by atoms with Crippen LogP contribution in [0.5, 0.6) is 0 Å². The Bertz CT molecular complexity index is 902. The van der Waals surface area contributed by atoms with E-state index in [0.29, 0.717) is 6.04 Å². The summed E-state index contributed by atoms with van der Waals surface area (Å²) in [7, 11) is 0. The van der Waals surface area contributed by atoms with Gasteiger partial charge in [-0.3, -0.25) is 4.79 Å². The summed E-state index contributed by atoms with van der Waals surface area (Å²) >= 11 is 5.98. The summed E-state index contributed by atoms with van der Waals surface area (Å²) in [4.78, 5) is 16.9. The van der Waals surface area contributed by atoms with E-state index >= 15 is 0 Å². The van der Waals surface area contributed by atoms with E-state index in [2.05, 4.69) is 42.3 Å². The minimum atomic E-state index is 0.108. The van der Waals surface area contributed by atoms with Crippen LogP contribution in [0.1, 0.15) is 36.8 Å². The highest BCUT2D eigenvalue weighted by atomic mass is 35.5. The number of benzene rings is 2. The molecule has 1 heterocycles. The Kier molecular flexibility index (Phi) is 7.59. The van der Waals surface area contributed by atoms with Crippen molar-refractivity contribution >= 4 is 28.9 Å². The molecule has 1 aliphatic carbocycles. The third kappa shape index (κ3) is 5.96. The van der Waals surface area contributed by atoms with Crippen molar-refractivity contribution in [2.75, 3.05) is 43.0 Å². The number of rotatable bonds is 6. The fraction of sp³-hybridized carbons (Fsp3) is 0.500. The molecule has 32 heavy (non-hydrogen) atoms. The normalized spacial score (nSPS) is 21.5. The van der Waals surface area contributed by atoms with E-state index in [1.54, 1.807) is 0 Å². The van der Waals surface area contributed by atoms with Crippen LogP contribution in [-0.2, 0) is 9.53 Å². The second-order valence-corrected chi connectivity index (χ2v) is 9.51. The first kappa shape index (κ1) is 22.9. The second kappa shape index (κ2) is 10.6. The first-order chi connectivity index (χ1) is 15.5. The highest BCUT2D eigenvalue weighted by Crippen LogP contribution is 2.25. The van der Waals surface area contributed by atoms with Crippen LogP contribution in [0, 0.1) is 13.8 Å². The number of nitrogens with zero attached hydrogens (tertiary/aromatic N) is 2. The number of nitrogens with one attached hydrogen (secondary N) is 1. The van der Waals surface area contributed by atoms with Crippen molar-refractivity contribution in [3.8, 4) is 0 Å². The van der Waals surface area contributed by atoms with E-state index in [9.17, 15) is 4.79 Å². The van der Waals surface area contributed by atoms with Gasteiger partial charge >= 0.3 is 0 Å². The predicted molar refractivity (Wildman–Crippen MR) is 132 cm³/mol. The lowest BCUT2D eigenvalue weighted by atomic mass is 9.92. The van der Waals surface area contributed by atoms with Gasteiger partial charge in [-0.2, -0.15) is 0 Å². The van der Waals surface area contributed by atoms with Gasteiger partial charge in [-0.25, -0.2) is 0 Å². The molecule has 0 aromatic heterocycles. The summed E-state index contributed by atoms with van der Waals surface area (Å²) in [6, 6.07) is 14.9. The lowest BCUT2D eigenvalue weighted by Gasteiger charge is -2.36. The highest BCUT2D eigenvalue weighted by Gasteiger charge is 2.25. The van der Waals surface area contributed by atoms with Crippen LogP contribution in [0.25, 0.3) is 0 Å². The van der Waals surface area contributed by atoms with Gasteiger partial charge in [0.05, 0.1) is 6.10 Å². The SMILES string of the molecule is Cc1ccc(NC2CCC(OCC(=O)N3CCN(c4ccc(Cl)cc4)CC3)CC2)cc1C. The Balaban J connectivity index is 1.15. The summed E-state index contributed by atoms with van der Waals surface area (Å²) in [6.07, 6.45) is 4.34. The van der Waals surface area contributed by atoms with Gasteiger partial charge < -0.3 is 19.9 Å². The molecule has 1 saturated heterocycles. The summed E-state index contributed by atoms with van der Waals surface area (Å²) < 4.78 is 6.01. The van der Waals surface area contributed by atoms with Gasteiger partial charge in [-0.05, 0) is 87.1 Å². The van der Waals surface area contributed by atoms with Crippen molar-refractivity contribution in [2.45, 2.75) is 51.7 Å². The monoisotopic (exact) mass is 455 g/mol. The van der Waals surface area contributed by atoms with E-state index in [1.807, 2.05) is 29.2 Å². The zero-order chi connectivity index (χ0) is 22.5. The average molecular weight is 456 g/mol. The van der Waals surface area contributed by atoms with Crippen LogP contribution < -0.4 is 10.2 Å². The molecule has 2 fully saturated rings. The molecule has 172 valence electrons. The smallest absolute Gasteiger partial charge is 0.248 e. The molecule has 2 aromatic carbocycles. The zero-order valence-corrected chi connectivity index (χ0v) is 19.9. The minimum absolute atomic E-state index is 0.108. The molecule has 0 atom stereocenters. The number of piperazine rings is 1. The van der Waals surface area contributed by atoms with Crippen molar-refractivity contribution in [1.82, 2.24) is 4.90 Å². The van der Waals surface area contributed by atoms with Crippen molar-refractivity contribution < 1.29 is 9.53 Å². The number of carbonyl (C=O) groups is 1. The molecule has 5 nitrogen and oxygen atoms in total. The Morgan fingerprint density at radius 2 is 1.66 bits per heavy atom. The van der Waals surface area contributed by atoms with Gasteiger partial charge in [0.15, 0.2) is 0 Å². The van der Waals surface area contributed by atoms with Gasteiger partial charge in [0, 0.05) is 48.6 Å². The lowest BCUT2D eigenvalue weighted by Crippen LogP contribution is -2.50. The molecule has 4 rings (SSSR count). The fourth-order valence-corrected chi connectivity index (χ4v) is 4.71. The number of ether oxygens (including phenoxy) is 1. The second-order valence-electron chi connectivity index (χ2n) is 9.07. The molecule has 6 heteroatoms. The molecule has 1 aliphatic heterocycles. The molecule has 2 aromatic rings. The van der Waals surface area contributed by atoms with Gasteiger partial charge in [-0.1, -0.05) is 17.7 Å². The van der Waals surface area contributed by atoms with Crippen molar-refractivity contribution in [2.24, 2.45) is 0 Å². The molecule has 1 N–H and O–H groups in total. The van der Waals surface area contributed by atoms with E-state index < -0.39 is 0 Å². The summed E-state index contributed by atoms with van der Waals surface area (Å²) in [5.41, 5.74) is 5.00. The Hall–Kier alpha value is -2.24. The van der Waals surface area contributed by atoms with Crippen LogP contribution in [0.15, 0.2) is 42.5 Å². The zero-order valence-electron chi connectivity index (χ0n) is 19.1. The molecular weight excluding hydrogens is 422 g/mol. The van der Waals surface area contributed by atoms with Gasteiger partial charge in [0.25, 0.3) is 0 Å². The third-order valence-corrected chi connectivity index (χ3v) is 7.07. The summed E-state index contributed by atoms with van der Waals surface area (Å²) in [5, 5.41) is 4.41. The van der Waals surface area contributed by atoms with Crippen LogP contribution in [0.4, 0.5) is 11.4 Å². The summed E-state index contributed by atoms with van der Waals surface area (Å²) in [5.74, 6) is 0.108. The first-order valence-corrected chi connectivity index (χ1v) is 12.1. The molecule has 0 unspecified atom stereocenters. The molecule has 0 spiro atoms. The predicted octanol–water partition coefficient (Wildman–Crippen LogP) is 5.05. The Labute approximate surface area is 196 Å². The molecular formula is C26H34ClN3O2. The number of anilines is 2. The van der Waals surface area contributed by atoms with Crippen molar-refractivity contribution in [3.05, 3.63) is 58.6 Å². The Morgan fingerprint density at radius 1 is 0.969 bits per heavy atom. The number of aryl methyl sites for hydroxylation is 2. The molecule has 1 amide bonds. The van der Waals surface area contributed by atoms with Crippen molar-refractivity contribution in [1.29, 1.82) is 0 Å². The Morgan fingerprint density at radius 3 is 2.31 bits per heavy atom. The maximum absolute atomic E-state index is 12.6. The van der Waals surface area contributed by atoms with Crippen LogP contribution in [0.3, 0.4) is 0 Å². The largest absolute Gasteiger partial charge is 0.382 e. The average Bonchev–Trinajstić information content (AvgIpc) is 2.81. The first-order valence-electron chi connectivity index (χ1n) is 11.7. The minimum Gasteiger partial charge on any atom is -0.382 e. The van der Waals surface area contributed by atoms with E-state index in [0.717, 1.165) is 62.6 Å². The maximum atomic E-state index is 12.6. The molecule has 0 bridgehead atoms. The lowest BCUT2D eigenvalue weighted by molar-refractivity contribution is -0.139. The number of amides is 1. The molecule has 1 saturated carbocycles. The topological polar surface area (TPSA) is 44.8 Å². The fourth-order valence-electron chi connectivity index (χ4n) is 4.59. The summed E-state index contributed by atoms with van der Waals surface area (Å²) in [6.45, 7) is 7.63. The highest BCUT2D eigenvalue weighted by molar-refractivity contribution is 6.30. The number of carbonyl (C=O) groups excluding carboxylic acids is 1. The van der Waals surface area contributed by atoms with Crippen molar-refractivity contribution in [3.63, 3.8) is 0 Å². The van der Waals surface area contributed by atoms with Crippen LogP contribution in [-0.4, -0.2) is 55.7 Å². The standard InChI is InChI=1S/C26H34ClN3O2/c1-19-3-6-23(17-20(19)2)28-22-7-11-25(12-8-22)32-18-26(31)30-15-13-29(14-16-30)24-9-4-21(27)5-10-24/h3-6,9-10,17,22,25,28H,7-8,11-16,18H2,1-2H3. The van der Waals surface area contributed by atoms with E-state index in [-0.39, 0.29) is 18.6 Å². The quantitative estimate of drug-likeness (QED) is 0.662. The van der Waals surface area contributed by atoms with Gasteiger partial charge in [0.2, 0.25) is 5.91 Å². The number of hydrogen-bond donors (Lipinski definition) is 1. The maximum Gasteiger partial charge on any atom is 0.248 e. The molecule has 2 aliphatic rings. The van der Waals surface area contributed by atoms with Crippen LogP contribution >= 0.6 is 11.6 Å². The number of hydrogen-bond acceptors (Lipinski definition) is 4. The van der Waals surface area contributed by atoms with Crippen LogP contribution in [0.2, 0.25) is 5.02 Å². The van der Waals surface area contributed by atoms with Gasteiger partial charge in [0.1, 0.15) is 6.61 Å². The number of halogens is 1. The van der Waals surface area contributed by atoms with Gasteiger partial charge in [-0.15, -0.1) is 0 Å². The van der Waals surface area contributed by atoms with E-state index in [4.69, 9.17) is 16.3 Å².